The van der Waals surface area contributed by atoms with Gasteiger partial charge >= 0.3 is 0 Å². The standard InChI is InChI=1S/C19H34N2/c1-3-21-6-4-5-18(21)13-20-14(2)19-10-15-7-16(11-19)9-17(8-15)12-19/h14-18,20H,3-13H2,1-2H3. The Bertz CT molecular complexity index is 342. The van der Waals surface area contributed by atoms with Crippen molar-refractivity contribution in [3.8, 4) is 0 Å². The summed E-state index contributed by atoms with van der Waals surface area (Å²) in [5, 5.41) is 4.00. The molecule has 1 saturated heterocycles. The van der Waals surface area contributed by atoms with Gasteiger partial charge in [-0.2, -0.15) is 0 Å². The quantitative estimate of drug-likeness (QED) is 0.831. The van der Waals surface area contributed by atoms with Crippen molar-refractivity contribution < 1.29 is 0 Å². The lowest BCUT2D eigenvalue weighted by atomic mass is 9.48. The molecule has 2 unspecified atom stereocenters. The zero-order valence-corrected chi connectivity index (χ0v) is 14.1. The highest BCUT2D eigenvalue weighted by Crippen LogP contribution is 2.61. The summed E-state index contributed by atoms with van der Waals surface area (Å²) < 4.78 is 0. The van der Waals surface area contributed by atoms with Crippen LogP contribution in [0.2, 0.25) is 0 Å². The van der Waals surface area contributed by atoms with E-state index < -0.39 is 0 Å². The van der Waals surface area contributed by atoms with Crippen LogP contribution in [0, 0.1) is 23.2 Å². The molecule has 0 radical (unpaired) electrons. The molecule has 0 amide bonds. The summed E-state index contributed by atoms with van der Waals surface area (Å²) in [5.74, 6) is 3.25. The Morgan fingerprint density at radius 2 is 1.71 bits per heavy atom. The van der Waals surface area contributed by atoms with E-state index in [2.05, 4.69) is 24.1 Å². The van der Waals surface area contributed by atoms with E-state index in [0.717, 1.165) is 29.8 Å². The van der Waals surface area contributed by atoms with Gasteiger partial charge in [0.25, 0.3) is 0 Å². The zero-order chi connectivity index (χ0) is 14.4. The highest BCUT2D eigenvalue weighted by Gasteiger charge is 2.53. The molecule has 0 aromatic rings. The second-order valence-corrected chi connectivity index (χ2v) is 8.83. The molecule has 120 valence electrons. The SMILES string of the molecule is CCN1CCCC1CNC(C)C12CC3CC(CC(C3)C1)C2. The van der Waals surface area contributed by atoms with Gasteiger partial charge in [-0.15, -0.1) is 0 Å². The molecule has 1 heterocycles. The van der Waals surface area contributed by atoms with Crippen molar-refractivity contribution >= 4 is 0 Å². The summed E-state index contributed by atoms with van der Waals surface area (Å²) in [7, 11) is 0. The summed E-state index contributed by atoms with van der Waals surface area (Å²) in [6.45, 7) is 8.63. The second kappa shape index (κ2) is 5.53. The first-order valence-electron chi connectivity index (χ1n) is 9.66. The molecule has 0 spiro atoms. The van der Waals surface area contributed by atoms with Gasteiger partial charge in [-0.25, -0.2) is 0 Å². The van der Waals surface area contributed by atoms with Crippen molar-refractivity contribution in [3.05, 3.63) is 0 Å². The fourth-order valence-corrected chi connectivity index (χ4v) is 6.78. The molecule has 4 bridgehead atoms. The van der Waals surface area contributed by atoms with Gasteiger partial charge in [0.2, 0.25) is 0 Å². The molecule has 21 heavy (non-hydrogen) atoms. The van der Waals surface area contributed by atoms with E-state index in [1.807, 2.05) is 0 Å². The molecule has 5 rings (SSSR count). The lowest BCUT2D eigenvalue weighted by Crippen LogP contribution is -2.56. The van der Waals surface area contributed by atoms with E-state index in [-0.39, 0.29) is 0 Å². The molecule has 0 aromatic carbocycles. The smallest absolute Gasteiger partial charge is 0.0221 e. The fraction of sp³-hybridized carbons (Fsp3) is 1.00. The summed E-state index contributed by atoms with van der Waals surface area (Å²) in [6, 6.07) is 1.55. The molecular weight excluding hydrogens is 256 g/mol. The van der Waals surface area contributed by atoms with Gasteiger partial charge < -0.3 is 5.32 Å². The van der Waals surface area contributed by atoms with Gasteiger partial charge in [-0.3, -0.25) is 4.90 Å². The van der Waals surface area contributed by atoms with E-state index in [4.69, 9.17) is 0 Å². The topological polar surface area (TPSA) is 15.3 Å². The molecule has 4 saturated carbocycles. The van der Waals surface area contributed by atoms with Crippen LogP contribution in [0.5, 0.6) is 0 Å². The molecule has 5 aliphatic rings. The van der Waals surface area contributed by atoms with Crippen molar-refractivity contribution in [3.63, 3.8) is 0 Å². The van der Waals surface area contributed by atoms with Crippen molar-refractivity contribution in [2.75, 3.05) is 19.6 Å². The minimum Gasteiger partial charge on any atom is -0.312 e. The van der Waals surface area contributed by atoms with Crippen LogP contribution < -0.4 is 5.32 Å². The first-order chi connectivity index (χ1) is 10.2. The van der Waals surface area contributed by atoms with Crippen LogP contribution >= 0.6 is 0 Å². The van der Waals surface area contributed by atoms with Crippen LogP contribution in [-0.4, -0.2) is 36.6 Å². The highest BCUT2D eigenvalue weighted by molar-refractivity contribution is 5.05. The van der Waals surface area contributed by atoms with E-state index in [0.29, 0.717) is 5.41 Å². The first kappa shape index (κ1) is 14.5. The Balaban J connectivity index is 1.37. The van der Waals surface area contributed by atoms with Gasteiger partial charge in [0.15, 0.2) is 0 Å². The summed E-state index contributed by atoms with van der Waals surface area (Å²) in [4.78, 5) is 2.68. The Hall–Kier alpha value is -0.0800. The number of hydrogen-bond donors (Lipinski definition) is 1. The predicted octanol–water partition coefficient (Wildman–Crippen LogP) is 3.67. The average Bonchev–Trinajstić information content (AvgIpc) is 2.90. The number of hydrogen-bond acceptors (Lipinski definition) is 2. The number of likely N-dealkylation sites (N-methyl/N-ethyl adjacent to an activating group) is 1. The zero-order valence-electron chi connectivity index (χ0n) is 14.1. The highest BCUT2D eigenvalue weighted by atomic mass is 15.2. The van der Waals surface area contributed by atoms with Crippen LogP contribution in [0.15, 0.2) is 0 Å². The molecule has 2 nitrogen and oxygen atoms in total. The second-order valence-electron chi connectivity index (χ2n) is 8.83. The Morgan fingerprint density at radius 3 is 2.29 bits per heavy atom. The molecule has 1 N–H and O–H groups in total. The van der Waals surface area contributed by atoms with Gasteiger partial charge in [-0.05, 0) is 94.5 Å². The maximum atomic E-state index is 4.00. The minimum atomic E-state index is 0.671. The van der Waals surface area contributed by atoms with Crippen LogP contribution in [0.4, 0.5) is 0 Å². The van der Waals surface area contributed by atoms with E-state index in [1.165, 1.54) is 51.7 Å². The summed E-state index contributed by atoms with van der Waals surface area (Å²) >= 11 is 0. The molecule has 4 aliphatic carbocycles. The maximum Gasteiger partial charge on any atom is 0.0221 e. The predicted molar refractivity (Wildman–Crippen MR) is 88.3 cm³/mol. The lowest BCUT2D eigenvalue weighted by Gasteiger charge is -2.59. The largest absolute Gasteiger partial charge is 0.312 e. The maximum absolute atomic E-state index is 4.00. The van der Waals surface area contributed by atoms with Crippen LogP contribution in [0.25, 0.3) is 0 Å². The molecule has 0 aromatic heterocycles. The Morgan fingerprint density at radius 1 is 1.10 bits per heavy atom. The minimum absolute atomic E-state index is 0.671. The number of rotatable bonds is 5. The molecule has 2 atom stereocenters. The lowest BCUT2D eigenvalue weighted by molar-refractivity contribution is -0.0709. The van der Waals surface area contributed by atoms with Crippen molar-refractivity contribution in [1.29, 1.82) is 0 Å². The van der Waals surface area contributed by atoms with Gasteiger partial charge in [0.1, 0.15) is 0 Å². The Kier molecular flexibility index (Phi) is 3.82. The molecule has 2 heteroatoms. The van der Waals surface area contributed by atoms with E-state index >= 15 is 0 Å². The van der Waals surface area contributed by atoms with Gasteiger partial charge in [0.05, 0.1) is 0 Å². The fourth-order valence-electron chi connectivity index (χ4n) is 6.78. The summed E-state index contributed by atoms with van der Waals surface area (Å²) in [6.07, 6.45) is 12.1. The van der Waals surface area contributed by atoms with Crippen molar-refractivity contribution in [1.82, 2.24) is 10.2 Å². The molecule has 5 fully saturated rings. The van der Waals surface area contributed by atoms with Crippen LogP contribution in [-0.2, 0) is 0 Å². The third kappa shape index (κ3) is 2.57. The van der Waals surface area contributed by atoms with E-state index in [1.54, 1.807) is 19.3 Å². The van der Waals surface area contributed by atoms with Crippen LogP contribution in [0.1, 0.15) is 65.2 Å². The Labute approximate surface area is 131 Å². The van der Waals surface area contributed by atoms with Crippen molar-refractivity contribution in [2.24, 2.45) is 23.2 Å². The van der Waals surface area contributed by atoms with E-state index in [9.17, 15) is 0 Å². The number of likely N-dealkylation sites (tertiary alicyclic amines) is 1. The van der Waals surface area contributed by atoms with Gasteiger partial charge in [-0.1, -0.05) is 6.92 Å². The van der Waals surface area contributed by atoms with Gasteiger partial charge in [0, 0.05) is 18.6 Å². The summed E-state index contributed by atoms with van der Waals surface area (Å²) in [5.41, 5.74) is 0.671. The third-order valence-electron chi connectivity index (χ3n) is 7.57. The first-order valence-corrected chi connectivity index (χ1v) is 9.66. The molecular formula is C19H34N2. The van der Waals surface area contributed by atoms with Crippen LogP contribution in [0.3, 0.4) is 0 Å². The number of nitrogens with zero attached hydrogens (tertiary/aromatic N) is 1. The third-order valence-corrected chi connectivity index (χ3v) is 7.57. The monoisotopic (exact) mass is 290 g/mol. The number of nitrogens with one attached hydrogen (secondary N) is 1. The van der Waals surface area contributed by atoms with Crippen molar-refractivity contribution in [2.45, 2.75) is 77.3 Å². The normalized spacial score (nSPS) is 47.1. The molecule has 1 aliphatic heterocycles. The average molecular weight is 290 g/mol.